The first-order valence-corrected chi connectivity index (χ1v) is 23.2. The lowest BCUT2D eigenvalue weighted by atomic mass is 9.46. The van der Waals surface area contributed by atoms with Crippen molar-refractivity contribution in [1.29, 1.82) is 0 Å². The van der Waals surface area contributed by atoms with Crippen LogP contribution in [0, 0.1) is 45.8 Å². The summed E-state index contributed by atoms with van der Waals surface area (Å²) >= 11 is 0. The van der Waals surface area contributed by atoms with Crippen LogP contribution in [0.2, 0.25) is 0 Å². The second-order valence-electron chi connectivity index (χ2n) is 20.3. The second-order valence-corrected chi connectivity index (χ2v) is 20.3. The monoisotopic (exact) mass is 785 g/mol. The van der Waals surface area contributed by atoms with E-state index in [-0.39, 0.29) is 45.9 Å². The van der Waals surface area contributed by atoms with Gasteiger partial charge in [-0.05, 0) is 173 Å². The zero-order valence-electron chi connectivity index (χ0n) is 36.1. The molecule has 0 aliphatic heterocycles. The third-order valence-corrected chi connectivity index (χ3v) is 17.6. The molecule has 7 aliphatic rings. The third-order valence-electron chi connectivity index (χ3n) is 17.6. The van der Waals surface area contributed by atoms with Crippen molar-refractivity contribution in [2.75, 3.05) is 0 Å². The number of rotatable bonds is 10. The number of phenolic OH excluding ortho intramolecular Hbond substituents is 1. The fourth-order valence-corrected chi connectivity index (χ4v) is 14.4. The Morgan fingerprint density at radius 3 is 2.25 bits per heavy atom. The van der Waals surface area contributed by atoms with Crippen molar-refractivity contribution >= 4 is 23.5 Å². The number of carbonyl (C=O) groups excluding carboxylic acids is 4. The molecule has 0 radical (unpaired) electrons. The van der Waals surface area contributed by atoms with Gasteiger partial charge in [-0.2, -0.15) is 0 Å². The molecule has 7 heteroatoms. The van der Waals surface area contributed by atoms with E-state index in [1.807, 2.05) is 18.2 Å². The Hall–Kier alpha value is -2.96. The summed E-state index contributed by atoms with van der Waals surface area (Å²) in [5.74, 6) is 4.03. The Bertz CT molecular complexity index is 1730. The molecule has 7 nitrogen and oxygen atoms in total. The number of aryl methyl sites for hydroxylation is 1. The van der Waals surface area contributed by atoms with Crippen molar-refractivity contribution < 1.29 is 33.8 Å². The van der Waals surface area contributed by atoms with Gasteiger partial charge in [0.15, 0.2) is 17.2 Å². The van der Waals surface area contributed by atoms with Crippen molar-refractivity contribution in [1.82, 2.24) is 0 Å². The number of ether oxygens (including phenoxy) is 2. The van der Waals surface area contributed by atoms with Gasteiger partial charge in [0.05, 0.1) is 0 Å². The van der Waals surface area contributed by atoms with Gasteiger partial charge < -0.3 is 14.6 Å². The van der Waals surface area contributed by atoms with E-state index in [0.717, 1.165) is 89.9 Å². The van der Waals surface area contributed by atoms with E-state index in [0.29, 0.717) is 66.9 Å². The summed E-state index contributed by atoms with van der Waals surface area (Å²) in [5.41, 5.74) is 3.22. The van der Waals surface area contributed by atoms with Crippen LogP contribution >= 0.6 is 0 Å². The fraction of sp³-hybridized carbons (Fsp3) is 0.760. The standard InChI is InChI=1S/C27H40O4.C23H32O3/c1-5-6-7-8-24(30)31-27(18(2)28)16-13-23-21-10-9-19-17-20(29)11-14-25(19,3)22(21)12-15-26(23,27)4;1-3-4-5-22(25)26-21-11-10-20-19-8-6-15-14-16(24)7-9-17(15)18(19)12-13-23(20,21)2/h17,21-23H,5-16H2,1-4H3;7,9,14,18-21,24H,3-6,8,10-13H2,1-2H3/t21-,22+,23+,25+,26+,27+;18-,19-,20+,21+,23+/m11/s1. The molecular weight excluding hydrogens is 713 g/mol. The van der Waals surface area contributed by atoms with Crippen LogP contribution in [0.5, 0.6) is 5.75 Å². The lowest BCUT2D eigenvalue weighted by Gasteiger charge is -2.59. The Labute approximate surface area is 342 Å². The molecule has 1 aromatic rings. The normalized spacial score (nSPS) is 38.7. The highest BCUT2D eigenvalue weighted by Gasteiger charge is 2.68. The number of carbonyl (C=O) groups is 4. The number of phenols is 1. The molecule has 314 valence electrons. The van der Waals surface area contributed by atoms with Gasteiger partial charge >= 0.3 is 11.9 Å². The number of aromatic hydroxyl groups is 1. The smallest absolute Gasteiger partial charge is 0.306 e. The van der Waals surface area contributed by atoms with Crippen molar-refractivity contribution in [3.63, 3.8) is 0 Å². The lowest BCUT2D eigenvalue weighted by Crippen LogP contribution is -2.58. The average molecular weight is 785 g/mol. The first-order valence-electron chi connectivity index (χ1n) is 23.2. The van der Waals surface area contributed by atoms with E-state index in [9.17, 15) is 24.3 Å². The molecule has 5 fully saturated rings. The summed E-state index contributed by atoms with van der Waals surface area (Å²) in [4.78, 5) is 50.1. The minimum atomic E-state index is -0.953. The average Bonchev–Trinajstić information content (AvgIpc) is 3.67. The van der Waals surface area contributed by atoms with Gasteiger partial charge in [-0.3, -0.25) is 19.2 Å². The first kappa shape index (κ1) is 42.2. The molecule has 5 saturated carbocycles. The number of Topliss-reactive ketones (excluding diaryl/α,β-unsaturated/α-hetero) is 1. The highest BCUT2D eigenvalue weighted by molar-refractivity contribution is 5.92. The number of fused-ring (bicyclic) bond motifs is 10. The Morgan fingerprint density at radius 1 is 0.754 bits per heavy atom. The molecule has 1 N–H and O–H groups in total. The maximum Gasteiger partial charge on any atom is 0.306 e. The molecule has 11 atom stereocenters. The summed E-state index contributed by atoms with van der Waals surface area (Å²) in [5, 5.41) is 9.81. The zero-order chi connectivity index (χ0) is 40.8. The molecule has 0 bridgehead atoms. The summed E-state index contributed by atoms with van der Waals surface area (Å²) < 4.78 is 12.1. The Balaban J connectivity index is 0.000000177. The molecule has 0 unspecified atom stereocenters. The van der Waals surface area contributed by atoms with Crippen LogP contribution in [0.15, 0.2) is 29.8 Å². The molecule has 0 spiro atoms. The highest BCUT2D eigenvalue weighted by atomic mass is 16.6. The van der Waals surface area contributed by atoms with Gasteiger partial charge in [0, 0.05) is 30.1 Å². The van der Waals surface area contributed by atoms with Gasteiger partial charge in [-0.15, -0.1) is 0 Å². The van der Waals surface area contributed by atoms with E-state index in [2.05, 4.69) is 40.7 Å². The number of esters is 2. The fourth-order valence-electron chi connectivity index (χ4n) is 14.4. The predicted molar refractivity (Wildman–Crippen MR) is 222 cm³/mol. The summed E-state index contributed by atoms with van der Waals surface area (Å²) in [7, 11) is 0. The van der Waals surface area contributed by atoms with Crippen LogP contribution in [0.3, 0.4) is 0 Å². The molecule has 0 saturated heterocycles. The number of ketones is 2. The van der Waals surface area contributed by atoms with Crippen molar-refractivity contribution in [2.45, 2.75) is 194 Å². The van der Waals surface area contributed by atoms with E-state index in [4.69, 9.17) is 9.47 Å². The zero-order valence-corrected chi connectivity index (χ0v) is 36.1. The molecule has 0 aromatic heterocycles. The van der Waals surface area contributed by atoms with E-state index in [1.165, 1.54) is 36.0 Å². The van der Waals surface area contributed by atoms with Gasteiger partial charge in [0.25, 0.3) is 0 Å². The number of hydrogen-bond acceptors (Lipinski definition) is 7. The van der Waals surface area contributed by atoms with Crippen LogP contribution < -0.4 is 0 Å². The largest absolute Gasteiger partial charge is 0.508 e. The number of hydrogen-bond donors (Lipinski definition) is 1. The number of allylic oxidation sites excluding steroid dienone is 1. The van der Waals surface area contributed by atoms with E-state index in [1.54, 1.807) is 6.92 Å². The topological polar surface area (TPSA) is 107 Å². The Kier molecular flexibility index (Phi) is 12.3. The quantitative estimate of drug-likeness (QED) is 0.186. The van der Waals surface area contributed by atoms with Gasteiger partial charge in [-0.25, -0.2) is 0 Å². The van der Waals surface area contributed by atoms with Crippen LogP contribution in [-0.4, -0.2) is 40.3 Å². The third kappa shape index (κ3) is 7.47. The van der Waals surface area contributed by atoms with Crippen molar-refractivity contribution in [2.24, 2.45) is 45.8 Å². The number of unbranched alkanes of at least 4 members (excludes halogenated alkanes) is 3. The maximum atomic E-state index is 13.1. The first-order chi connectivity index (χ1) is 27.2. The lowest BCUT2D eigenvalue weighted by molar-refractivity contribution is -0.189. The maximum absolute atomic E-state index is 13.1. The minimum absolute atomic E-state index is 0.00492. The van der Waals surface area contributed by atoms with Crippen molar-refractivity contribution in [3.05, 3.63) is 41.0 Å². The summed E-state index contributed by atoms with van der Waals surface area (Å²) in [6, 6.07) is 5.97. The van der Waals surface area contributed by atoms with Gasteiger partial charge in [0.1, 0.15) is 11.9 Å². The molecule has 1 aromatic carbocycles. The van der Waals surface area contributed by atoms with Crippen LogP contribution in [0.25, 0.3) is 0 Å². The second kappa shape index (κ2) is 16.6. The van der Waals surface area contributed by atoms with Crippen LogP contribution in [0.1, 0.15) is 187 Å². The molecule has 8 rings (SSSR count). The van der Waals surface area contributed by atoms with Crippen molar-refractivity contribution in [3.8, 4) is 5.75 Å². The molecule has 0 amide bonds. The summed E-state index contributed by atoms with van der Waals surface area (Å²) in [6.45, 7) is 12.9. The molecule has 7 aliphatic carbocycles. The highest BCUT2D eigenvalue weighted by Crippen LogP contribution is 2.68. The SMILES string of the molecule is CCCCC(=O)O[C@H]1CC[C@H]2[C@@H]3CCc4cc(O)ccc4[C@H]3CC[C@]12C.CCCCCC(=O)O[C@]1(C(C)=O)CC[C@H]2[C@@H]3CCC4=CC(=O)CC[C@]4(C)[C@H]3CC[C@@]21C. The van der Waals surface area contributed by atoms with E-state index < -0.39 is 5.60 Å². The summed E-state index contributed by atoms with van der Waals surface area (Å²) in [6.07, 6.45) is 22.1. The van der Waals surface area contributed by atoms with E-state index >= 15 is 0 Å². The van der Waals surface area contributed by atoms with Gasteiger partial charge in [0.2, 0.25) is 0 Å². The van der Waals surface area contributed by atoms with Crippen LogP contribution in [0.4, 0.5) is 0 Å². The van der Waals surface area contributed by atoms with Crippen LogP contribution in [-0.2, 0) is 35.1 Å². The molecule has 57 heavy (non-hydrogen) atoms. The molecular formula is C50H72O7. The predicted octanol–water partition coefficient (Wildman–Crippen LogP) is 11.3. The molecule has 0 heterocycles. The van der Waals surface area contributed by atoms with Gasteiger partial charge in [-0.1, -0.05) is 65.5 Å². The Morgan fingerprint density at radius 2 is 1.49 bits per heavy atom. The minimum Gasteiger partial charge on any atom is -0.508 e. The number of benzene rings is 1.